The third-order valence-corrected chi connectivity index (χ3v) is 1.54. The van der Waals surface area contributed by atoms with Crippen LogP contribution in [0.3, 0.4) is 0 Å². The number of aromatic nitrogens is 2. The van der Waals surface area contributed by atoms with Gasteiger partial charge in [-0.3, -0.25) is 0 Å². The number of rotatable bonds is 2. The van der Waals surface area contributed by atoms with E-state index < -0.39 is 0 Å². The molecule has 0 saturated heterocycles. The van der Waals surface area contributed by atoms with Crippen LogP contribution in [0.4, 0.5) is 11.8 Å². The number of halogens is 1. The van der Waals surface area contributed by atoms with Crippen LogP contribution in [-0.4, -0.2) is 15.5 Å². The molecule has 7 heteroatoms. The van der Waals surface area contributed by atoms with Crippen molar-refractivity contribution in [2.45, 2.75) is 5.52 Å². The quantitative estimate of drug-likeness (QED) is 0.582. The fraction of sp³-hybridized carbons (Fsp3) is 0.200. The zero-order valence-corrected chi connectivity index (χ0v) is 9.22. The van der Waals surface area contributed by atoms with Crippen LogP contribution in [0, 0.1) is 0 Å². The highest BCUT2D eigenvalue weighted by Crippen LogP contribution is 2.15. The Morgan fingerprint density at radius 2 is 2.17 bits per heavy atom. The summed E-state index contributed by atoms with van der Waals surface area (Å²) in [5, 5.41) is 3.26. The lowest BCUT2D eigenvalue weighted by molar-refractivity contribution is 1.14. The summed E-state index contributed by atoms with van der Waals surface area (Å²) in [7, 11) is 5.05. The Hall–Kier alpha value is -0.170. The lowest BCUT2D eigenvalue weighted by Crippen LogP contribution is -2.07. The predicted molar refractivity (Wildman–Crippen MR) is 58.3 cm³/mol. The molecule has 0 aliphatic heterocycles. The van der Waals surface area contributed by atoms with Crippen molar-refractivity contribution >= 4 is 41.8 Å². The zero-order chi connectivity index (χ0) is 9.14. The van der Waals surface area contributed by atoms with E-state index in [1.807, 2.05) is 0 Å². The van der Waals surface area contributed by atoms with Crippen LogP contribution < -0.4 is 11.1 Å². The van der Waals surface area contributed by atoms with Crippen molar-refractivity contribution < 1.29 is 0 Å². The third kappa shape index (κ3) is 3.06. The summed E-state index contributed by atoms with van der Waals surface area (Å²) in [4.78, 5) is 7.83. The van der Waals surface area contributed by atoms with Gasteiger partial charge in [0.25, 0.3) is 0 Å². The Labute approximate surface area is 80.1 Å². The molecule has 1 heterocycles. The Morgan fingerprint density at radius 1 is 1.50 bits per heavy atom. The second-order valence-electron chi connectivity index (χ2n) is 2.11. The minimum absolute atomic E-state index is 0.0999. The highest BCUT2D eigenvalue weighted by atomic mass is 35.5. The Bertz CT molecular complexity index is 260. The molecule has 0 bridgehead atoms. The molecule has 0 spiro atoms. The first kappa shape index (κ1) is 9.91. The van der Waals surface area contributed by atoms with Gasteiger partial charge in [0, 0.05) is 6.07 Å². The van der Waals surface area contributed by atoms with Gasteiger partial charge in [0.1, 0.15) is 11.0 Å². The third-order valence-electron chi connectivity index (χ3n) is 1.01. The largest absolute Gasteiger partial charge is 0.383 e. The van der Waals surface area contributed by atoms with Crippen LogP contribution in [0.2, 0.25) is 5.15 Å². The minimum Gasteiger partial charge on any atom is -0.383 e. The highest BCUT2D eigenvalue weighted by molar-refractivity contribution is 7.38. The van der Waals surface area contributed by atoms with Crippen LogP contribution in [-0.2, 0) is 0 Å². The number of nitrogen functional groups attached to an aromatic ring is 1. The standard InChI is InChI=1S/C5H9ClN4P2/c6-2-1-3(7)9-4(8-2)10-5(11)12/h1,5H,11-12H2,(H3,7,8,9,10). The molecule has 3 N–H and O–H groups in total. The SMILES string of the molecule is Nc1cc(Cl)nc(NC(P)P)n1. The van der Waals surface area contributed by atoms with Crippen molar-refractivity contribution in [3.05, 3.63) is 11.2 Å². The first-order valence-electron chi connectivity index (χ1n) is 3.15. The van der Waals surface area contributed by atoms with E-state index in [9.17, 15) is 0 Å². The molecular weight excluding hydrogens is 213 g/mol. The predicted octanol–water partition coefficient (Wildman–Crippen LogP) is 1.16. The smallest absolute Gasteiger partial charge is 0.226 e. The minimum atomic E-state index is 0.0999. The van der Waals surface area contributed by atoms with Gasteiger partial charge >= 0.3 is 0 Å². The number of nitrogens with two attached hydrogens (primary N) is 1. The van der Waals surface area contributed by atoms with Gasteiger partial charge in [0.05, 0.1) is 5.52 Å². The number of hydrogen-bond donors (Lipinski definition) is 2. The normalized spacial score (nSPS) is 10.3. The molecule has 0 aromatic carbocycles. The average Bonchev–Trinajstić information content (AvgIpc) is 1.81. The lowest BCUT2D eigenvalue weighted by Gasteiger charge is -2.07. The summed E-state index contributed by atoms with van der Waals surface area (Å²) in [5.41, 5.74) is 5.55. The van der Waals surface area contributed by atoms with Gasteiger partial charge in [0.2, 0.25) is 5.95 Å². The summed E-state index contributed by atoms with van der Waals surface area (Å²) in [6.07, 6.45) is 0. The van der Waals surface area contributed by atoms with Gasteiger partial charge in [-0.05, 0) is 0 Å². The molecule has 4 nitrogen and oxygen atoms in total. The van der Waals surface area contributed by atoms with Crippen LogP contribution in [0.15, 0.2) is 6.07 Å². The number of anilines is 2. The van der Waals surface area contributed by atoms with Crippen molar-refractivity contribution in [2.75, 3.05) is 11.1 Å². The van der Waals surface area contributed by atoms with Gasteiger partial charge in [0.15, 0.2) is 0 Å². The number of hydrogen-bond acceptors (Lipinski definition) is 4. The molecule has 0 saturated carbocycles. The number of nitrogens with zero attached hydrogens (tertiary/aromatic N) is 2. The van der Waals surface area contributed by atoms with Gasteiger partial charge in [-0.1, -0.05) is 11.6 Å². The van der Waals surface area contributed by atoms with Crippen LogP contribution in [0.5, 0.6) is 0 Å². The molecule has 0 aliphatic rings. The summed E-state index contributed by atoms with van der Waals surface area (Å²) in [5.74, 6) is 0.781. The van der Waals surface area contributed by atoms with Crippen LogP contribution in [0.1, 0.15) is 0 Å². The fourth-order valence-electron chi connectivity index (χ4n) is 0.649. The summed E-state index contributed by atoms with van der Waals surface area (Å²) >= 11 is 5.65. The van der Waals surface area contributed by atoms with Crippen LogP contribution >= 0.6 is 30.1 Å². The van der Waals surface area contributed by atoms with Crippen LogP contribution in [0.25, 0.3) is 0 Å². The van der Waals surface area contributed by atoms with Crippen molar-refractivity contribution in [1.29, 1.82) is 0 Å². The topological polar surface area (TPSA) is 63.8 Å². The Kier molecular flexibility index (Phi) is 3.45. The average molecular weight is 223 g/mol. The maximum absolute atomic E-state index is 5.65. The second-order valence-corrected chi connectivity index (χ2v) is 4.70. The summed E-state index contributed by atoms with van der Waals surface area (Å²) < 4.78 is 0. The monoisotopic (exact) mass is 222 g/mol. The molecule has 66 valence electrons. The molecule has 0 aliphatic carbocycles. The molecule has 2 unspecified atom stereocenters. The summed E-state index contributed by atoms with van der Waals surface area (Å²) in [6, 6.07) is 1.49. The molecule has 1 aromatic heterocycles. The van der Waals surface area contributed by atoms with E-state index in [1.165, 1.54) is 6.07 Å². The molecule has 0 radical (unpaired) electrons. The van der Waals surface area contributed by atoms with E-state index in [0.717, 1.165) is 0 Å². The van der Waals surface area contributed by atoms with E-state index in [-0.39, 0.29) is 5.52 Å². The van der Waals surface area contributed by atoms with E-state index in [0.29, 0.717) is 16.9 Å². The summed E-state index contributed by atoms with van der Waals surface area (Å²) in [6.45, 7) is 0. The molecular formula is C5H9ClN4P2. The maximum Gasteiger partial charge on any atom is 0.226 e. The fourth-order valence-corrected chi connectivity index (χ4v) is 1.14. The first-order chi connectivity index (χ1) is 5.58. The van der Waals surface area contributed by atoms with Gasteiger partial charge in [-0.2, -0.15) is 4.98 Å². The zero-order valence-electron chi connectivity index (χ0n) is 6.16. The van der Waals surface area contributed by atoms with E-state index >= 15 is 0 Å². The van der Waals surface area contributed by atoms with E-state index in [2.05, 4.69) is 33.8 Å². The van der Waals surface area contributed by atoms with E-state index in [4.69, 9.17) is 17.3 Å². The lowest BCUT2D eigenvalue weighted by atomic mass is 10.6. The highest BCUT2D eigenvalue weighted by Gasteiger charge is 2.01. The molecule has 0 amide bonds. The Morgan fingerprint density at radius 3 is 2.67 bits per heavy atom. The first-order valence-corrected chi connectivity index (χ1v) is 4.87. The van der Waals surface area contributed by atoms with Crippen molar-refractivity contribution in [3.63, 3.8) is 0 Å². The number of nitrogens with one attached hydrogen (secondary N) is 1. The van der Waals surface area contributed by atoms with Gasteiger partial charge in [-0.25, -0.2) is 4.98 Å². The molecule has 0 fully saturated rings. The van der Waals surface area contributed by atoms with Crippen molar-refractivity contribution in [3.8, 4) is 0 Å². The van der Waals surface area contributed by atoms with E-state index in [1.54, 1.807) is 0 Å². The van der Waals surface area contributed by atoms with Gasteiger partial charge in [-0.15, -0.1) is 18.5 Å². The maximum atomic E-state index is 5.65. The second kappa shape index (κ2) is 4.18. The Balaban J connectivity index is 2.85. The molecule has 1 aromatic rings. The van der Waals surface area contributed by atoms with Crippen molar-refractivity contribution in [1.82, 2.24) is 9.97 Å². The van der Waals surface area contributed by atoms with Gasteiger partial charge < -0.3 is 11.1 Å². The molecule has 12 heavy (non-hydrogen) atoms. The molecule has 1 rings (SSSR count). The molecule has 2 atom stereocenters. The van der Waals surface area contributed by atoms with Crippen molar-refractivity contribution in [2.24, 2.45) is 0 Å².